The van der Waals surface area contributed by atoms with Gasteiger partial charge in [0, 0.05) is 38.7 Å². The fourth-order valence-corrected chi connectivity index (χ4v) is 2.34. The second-order valence-electron chi connectivity index (χ2n) is 4.71. The van der Waals surface area contributed by atoms with Crippen LogP contribution in [0.5, 0.6) is 0 Å². The lowest BCUT2D eigenvalue weighted by Gasteiger charge is -2.24. The van der Waals surface area contributed by atoms with E-state index < -0.39 is 0 Å². The van der Waals surface area contributed by atoms with Gasteiger partial charge < -0.3 is 9.80 Å². The summed E-state index contributed by atoms with van der Waals surface area (Å²) < 4.78 is 0. The Balaban J connectivity index is 2.21. The highest BCUT2D eigenvalue weighted by Crippen LogP contribution is 2.16. The molecule has 1 aromatic heterocycles. The van der Waals surface area contributed by atoms with E-state index in [2.05, 4.69) is 55.1 Å². The normalized spacial score (nSPS) is 10.3. The first-order valence-corrected chi connectivity index (χ1v) is 7.68. The number of anilines is 2. The summed E-state index contributed by atoms with van der Waals surface area (Å²) >= 11 is 3.51. The Morgan fingerprint density at radius 3 is 2.50 bits per heavy atom. The Hall–Kier alpha value is -1.62. The summed E-state index contributed by atoms with van der Waals surface area (Å²) in [6, 6.07) is 12.4. The molecule has 2 rings (SSSR count). The zero-order chi connectivity index (χ0) is 14.4. The first-order chi connectivity index (χ1) is 9.70. The lowest BCUT2D eigenvalue weighted by molar-refractivity contribution is 0.813. The molecular weight excluding hydrogens is 316 g/mol. The van der Waals surface area contributed by atoms with Gasteiger partial charge in [0.15, 0.2) is 0 Å². The van der Waals surface area contributed by atoms with E-state index in [0.717, 1.165) is 30.2 Å². The molecular formula is C15H19BrN4. The van der Waals surface area contributed by atoms with Crippen LogP contribution >= 0.6 is 15.9 Å². The van der Waals surface area contributed by atoms with E-state index in [1.165, 1.54) is 5.56 Å². The van der Waals surface area contributed by atoms with Crippen LogP contribution in [0.3, 0.4) is 0 Å². The van der Waals surface area contributed by atoms with E-state index in [0.29, 0.717) is 0 Å². The molecule has 0 N–H and O–H groups in total. The largest absolute Gasteiger partial charge is 0.351 e. The molecule has 0 aliphatic carbocycles. The maximum atomic E-state index is 4.61. The second-order valence-corrected chi connectivity index (χ2v) is 5.50. The molecule has 5 heteroatoms. The highest BCUT2D eigenvalue weighted by Gasteiger charge is 2.10. The number of rotatable bonds is 6. The Labute approximate surface area is 128 Å². The molecule has 0 saturated heterocycles. The highest BCUT2D eigenvalue weighted by atomic mass is 79.9. The van der Waals surface area contributed by atoms with Crippen molar-refractivity contribution in [1.82, 2.24) is 9.97 Å². The van der Waals surface area contributed by atoms with Crippen molar-refractivity contribution in [2.45, 2.75) is 6.54 Å². The van der Waals surface area contributed by atoms with Crippen LogP contribution < -0.4 is 9.80 Å². The van der Waals surface area contributed by atoms with Crippen molar-refractivity contribution in [3.63, 3.8) is 0 Å². The summed E-state index contributed by atoms with van der Waals surface area (Å²) in [5.41, 5.74) is 1.28. The quantitative estimate of drug-likeness (QED) is 0.760. The average molecular weight is 335 g/mol. The molecule has 0 fully saturated rings. The molecule has 0 saturated carbocycles. The molecule has 0 unspecified atom stereocenters. The minimum Gasteiger partial charge on any atom is -0.351 e. The maximum Gasteiger partial charge on any atom is 0.226 e. The van der Waals surface area contributed by atoms with Crippen LogP contribution in [0.1, 0.15) is 5.56 Å². The minimum absolute atomic E-state index is 0.732. The third-order valence-electron chi connectivity index (χ3n) is 2.92. The number of hydrogen-bond acceptors (Lipinski definition) is 4. The van der Waals surface area contributed by atoms with Crippen molar-refractivity contribution < 1.29 is 0 Å². The van der Waals surface area contributed by atoms with Gasteiger partial charge in [0.05, 0.1) is 0 Å². The lowest BCUT2D eigenvalue weighted by atomic mass is 10.2. The van der Waals surface area contributed by atoms with Crippen molar-refractivity contribution >= 4 is 27.7 Å². The van der Waals surface area contributed by atoms with E-state index in [9.17, 15) is 0 Å². The summed E-state index contributed by atoms with van der Waals surface area (Å²) in [6.45, 7) is 1.75. The van der Waals surface area contributed by atoms with Gasteiger partial charge in [-0.2, -0.15) is 4.98 Å². The molecule has 1 aromatic carbocycles. The van der Waals surface area contributed by atoms with Gasteiger partial charge in [-0.1, -0.05) is 46.3 Å². The Morgan fingerprint density at radius 2 is 1.85 bits per heavy atom. The Morgan fingerprint density at radius 1 is 1.10 bits per heavy atom. The predicted molar refractivity (Wildman–Crippen MR) is 87.6 cm³/mol. The van der Waals surface area contributed by atoms with Crippen molar-refractivity contribution in [3.8, 4) is 0 Å². The van der Waals surface area contributed by atoms with E-state index >= 15 is 0 Å². The molecule has 0 spiro atoms. The van der Waals surface area contributed by atoms with Gasteiger partial charge in [-0.25, -0.2) is 4.98 Å². The maximum absolute atomic E-state index is 4.61. The number of hydrogen-bond donors (Lipinski definition) is 0. The minimum atomic E-state index is 0.732. The van der Waals surface area contributed by atoms with Crippen molar-refractivity contribution in [2.24, 2.45) is 0 Å². The van der Waals surface area contributed by atoms with Crippen LogP contribution in [0.4, 0.5) is 11.8 Å². The van der Waals surface area contributed by atoms with Crippen LogP contribution in [-0.4, -0.2) is 35.9 Å². The third kappa shape index (κ3) is 3.93. The summed E-state index contributed by atoms with van der Waals surface area (Å²) in [7, 11) is 3.90. The van der Waals surface area contributed by atoms with Gasteiger partial charge in [-0.3, -0.25) is 0 Å². The van der Waals surface area contributed by atoms with E-state index in [1.54, 1.807) is 0 Å². The van der Waals surface area contributed by atoms with Gasteiger partial charge in [0.2, 0.25) is 5.95 Å². The summed E-state index contributed by atoms with van der Waals surface area (Å²) in [5.74, 6) is 1.68. The first-order valence-electron chi connectivity index (χ1n) is 6.56. The fraction of sp³-hybridized carbons (Fsp3) is 0.333. The summed E-state index contributed by atoms with van der Waals surface area (Å²) in [4.78, 5) is 13.0. The molecule has 1 heterocycles. The number of aromatic nitrogens is 2. The monoisotopic (exact) mass is 334 g/mol. The van der Waals surface area contributed by atoms with Gasteiger partial charge >= 0.3 is 0 Å². The van der Waals surface area contributed by atoms with Crippen LogP contribution in [0, 0.1) is 0 Å². The number of halogens is 1. The van der Waals surface area contributed by atoms with Gasteiger partial charge in [0.25, 0.3) is 0 Å². The van der Waals surface area contributed by atoms with Crippen molar-refractivity contribution in [3.05, 3.63) is 48.2 Å². The SMILES string of the molecule is CN(C)c1nccc(N(CCBr)Cc2ccccc2)n1. The smallest absolute Gasteiger partial charge is 0.226 e. The zero-order valence-electron chi connectivity index (χ0n) is 11.8. The van der Waals surface area contributed by atoms with Gasteiger partial charge in [-0.05, 0) is 11.6 Å². The molecule has 20 heavy (non-hydrogen) atoms. The van der Waals surface area contributed by atoms with E-state index in [1.807, 2.05) is 37.3 Å². The van der Waals surface area contributed by atoms with Crippen LogP contribution in [0.25, 0.3) is 0 Å². The van der Waals surface area contributed by atoms with E-state index in [-0.39, 0.29) is 0 Å². The topological polar surface area (TPSA) is 32.3 Å². The summed E-state index contributed by atoms with van der Waals surface area (Å²) in [6.07, 6.45) is 1.81. The van der Waals surface area contributed by atoms with Crippen molar-refractivity contribution in [2.75, 3.05) is 35.8 Å². The second kappa shape index (κ2) is 7.24. The van der Waals surface area contributed by atoms with Gasteiger partial charge in [-0.15, -0.1) is 0 Å². The molecule has 0 atom stereocenters. The Kier molecular flexibility index (Phi) is 5.35. The molecule has 0 aliphatic rings. The van der Waals surface area contributed by atoms with Gasteiger partial charge in [0.1, 0.15) is 5.82 Å². The molecule has 0 amide bonds. The number of nitrogens with zero attached hydrogens (tertiary/aromatic N) is 4. The molecule has 0 radical (unpaired) electrons. The Bertz CT molecular complexity index is 530. The highest BCUT2D eigenvalue weighted by molar-refractivity contribution is 9.09. The molecule has 4 nitrogen and oxygen atoms in total. The molecule has 0 aliphatic heterocycles. The van der Waals surface area contributed by atoms with Crippen molar-refractivity contribution in [1.29, 1.82) is 0 Å². The molecule has 106 valence electrons. The first kappa shape index (κ1) is 14.8. The van der Waals surface area contributed by atoms with Crippen LogP contribution in [0.2, 0.25) is 0 Å². The standard InChI is InChI=1S/C15H19BrN4/c1-19(2)15-17-10-8-14(18-15)20(11-9-16)12-13-6-4-3-5-7-13/h3-8,10H,9,11-12H2,1-2H3. The molecule has 0 bridgehead atoms. The number of alkyl halides is 1. The third-order valence-corrected chi connectivity index (χ3v) is 3.28. The molecule has 2 aromatic rings. The lowest BCUT2D eigenvalue weighted by Crippen LogP contribution is -2.26. The predicted octanol–water partition coefficient (Wildman–Crippen LogP) is 2.94. The fourth-order valence-electron chi connectivity index (χ4n) is 1.91. The van der Waals surface area contributed by atoms with Crippen LogP contribution in [-0.2, 0) is 6.54 Å². The average Bonchev–Trinajstić information content (AvgIpc) is 2.48. The number of benzene rings is 1. The van der Waals surface area contributed by atoms with Crippen LogP contribution in [0.15, 0.2) is 42.6 Å². The van der Waals surface area contributed by atoms with E-state index in [4.69, 9.17) is 0 Å². The zero-order valence-corrected chi connectivity index (χ0v) is 13.4. The summed E-state index contributed by atoms with van der Waals surface area (Å²) in [5, 5.41) is 0.904.